The summed E-state index contributed by atoms with van der Waals surface area (Å²) in [6, 6.07) is -0.442. The van der Waals surface area contributed by atoms with Gasteiger partial charge in [-0.1, -0.05) is 39.0 Å². The van der Waals surface area contributed by atoms with Crippen molar-refractivity contribution in [2.45, 2.75) is 71.1 Å². The van der Waals surface area contributed by atoms with E-state index in [1.165, 1.54) is 12.2 Å². The van der Waals surface area contributed by atoms with E-state index in [1.807, 2.05) is 6.92 Å². The van der Waals surface area contributed by atoms with Crippen LogP contribution in [0.2, 0.25) is 0 Å². The Hall–Kier alpha value is -2.50. The zero-order valence-corrected chi connectivity index (χ0v) is 17.5. The summed E-state index contributed by atoms with van der Waals surface area (Å²) in [5.74, 6) is 0. The normalized spacial score (nSPS) is 9.83. The zero-order chi connectivity index (χ0) is 21.6. The van der Waals surface area contributed by atoms with Crippen molar-refractivity contribution in [3.05, 3.63) is 0 Å². The largest absolute Gasteiger partial charge is 0.449 e. The quantitative estimate of drug-likeness (QED) is 0.223. The van der Waals surface area contributed by atoms with Gasteiger partial charge in [0.1, 0.15) is 0 Å². The van der Waals surface area contributed by atoms with Crippen LogP contribution in [0.15, 0.2) is 9.98 Å². The van der Waals surface area contributed by atoms with Crippen LogP contribution < -0.4 is 5.32 Å². The predicted octanol–water partition coefficient (Wildman–Crippen LogP) is 3.73. The molecule has 0 heterocycles. The molecule has 0 aromatic heterocycles. The third-order valence-electron chi connectivity index (χ3n) is 4.19. The van der Waals surface area contributed by atoms with Gasteiger partial charge >= 0.3 is 12.1 Å². The number of aliphatic imine (C=N–C) groups is 2. The van der Waals surface area contributed by atoms with Crippen molar-refractivity contribution in [2.24, 2.45) is 9.98 Å². The van der Waals surface area contributed by atoms with Crippen LogP contribution in [0.1, 0.15) is 71.1 Å². The molecular formula is C20H34N4O5. The molecule has 0 atom stereocenters. The number of imide groups is 1. The Kier molecular flexibility index (Phi) is 18.5. The summed E-state index contributed by atoms with van der Waals surface area (Å²) in [5.41, 5.74) is 0. The lowest BCUT2D eigenvalue weighted by Gasteiger charge is -2.21. The van der Waals surface area contributed by atoms with Crippen molar-refractivity contribution in [3.8, 4) is 0 Å². The molecule has 0 aliphatic carbocycles. The Labute approximate surface area is 173 Å². The molecule has 0 aromatic carbocycles. The van der Waals surface area contributed by atoms with Crippen molar-refractivity contribution in [3.63, 3.8) is 0 Å². The van der Waals surface area contributed by atoms with Gasteiger partial charge in [0, 0.05) is 13.1 Å². The highest BCUT2D eigenvalue weighted by Crippen LogP contribution is 2.06. The summed E-state index contributed by atoms with van der Waals surface area (Å²) in [4.78, 5) is 52.7. The number of unbranched alkanes of at least 4 members (excludes halogenated alkanes) is 7. The van der Waals surface area contributed by atoms with Gasteiger partial charge in [-0.3, -0.25) is 0 Å². The van der Waals surface area contributed by atoms with Crippen LogP contribution in [0.3, 0.4) is 0 Å². The van der Waals surface area contributed by atoms with Crippen molar-refractivity contribution in [1.82, 2.24) is 10.2 Å². The number of urea groups is 1. The van der Waals surface area contributed by atoms with Gasteiger partial charge in [-0.25, -0.2) is 34.1 Å². The minimum Gasteiger partial charge on any atom is -0.449 e. The Morgan fingerprint density at radius 2 is 1.45 bits per heavy atom. The van der Waals surface area contributed by atoms with E-state index in [1.54, 1.807) is 0 Å². The Morgan fingerprint density at radius 1 is 0.862 bits per heavy atom. The summed E-state index contributed by atoms with van der Waals surface area (Å²) < 4.78 is 5.18. The number of isocyanates is 2. The van der Waals surface area contributed by atoms with Crippen molar-refractivity contribution >= 4 is 24.3 Å². The first kappa shape index (κ1) is 26.5. The Morgan fingerprint density at radius 3 is 2.03 bits per heavy atom. The highest BCUT2D eigenvalue weighted by Gasteiger charge is 2.22. The smallest absolute Gasteiger partial charge is 0.417 e. The van der Waals surface area contributed by atoms with E-state index in [0.29, 0.717) is 32.7 Å². The number of nitrogens with one attached hydrogen (secondary N) is 1. The summed E-state index contributed by atoms with van der Waals surface area (Å²) in [5, 5.41) is 2.77. The van der Waals surface area contributed by atoms with Crippen LogP contribution in [-0.4, -0.2) is 62.0 Å². The van der Waals surface area contributed by atoms with Crippen LogP contribution in [0, 0.1) is 0 Å². The number of ether oxygens (including phenoxy) is 1. The first-order valence-electron chi connectivity index (χ1n) is 10.5. The van der Waals surface area contributed by atoms with Crippen LogP contribution in [-0.2, 0) is 14.3 Å². The van der Waals surface area contributed by atoms with E-state index < -0.39 is 12.1 Å². The van der Waals surface area contributed by atoms with Gasteiger partial charge in [0.15, 0.2) is 0 Å². The maximum absolute atomic E-state index is 12.4. The Bertz CT molecular complexity index is 543. The fraction of sp³-hybridized carbons (Fsp3) is 0.800. The van der Waals surface area contributed by atoms with Crippen LogP contribution in [0.25, 0.3) is 0 Å². The number of carbonyl (C=O) groups is 2. The number of rotatable bonds is 17. The van der Waals surface area contributed by atoms with Gasteiger partial charge in [0.25, 0.3) is 0 Å². The highest BCUT2D eigenvalue weighted by atomic mass is 16.6. The molecule has 1 N–H and O–H groups in total. The fourth-order valence-electron chi connectivity index (χ4n) is 2.52. The van der Waals surface area contributed by atoms with E-state index in [0.717, 1.165) is 62.7 Å². The Balaban J connectivity index is 4.25. The molecule has 0 spiro atoms. The molecule has 0 radical (unpaired) electrons. The molecule has 0 aliphatic rings. The average molecular weight is 411 g/mol. The topological polar surface area (TPSA) is 118 Å². The zero-order valence-electron chi connectivity index (χ0n) is 17.5. The minimum atomic E-state index is -0.617. The second-order valence-corrected chi connectivity index (χ2v) is 6.63. The second-order valence-electron chi connectivity index (χ2n) is 6.63. The van der Waals surface area contributed by atoms with Gasteiger partial charge in [0.2, 0.25) is 12.2 Å². The van der Waals surface area contributed by atoms with E-state index >= 15 is 0 Å². The first-order valence-corrected chi connectivity index (χ1v) is 10.5. The second kappa shape index (κ2) is 20.2. The molecule has 164 valence electrons. The lowest BCUT2D eigenvalue weighted by Crippen LogP contribution is -2.45. The molecule has 0 rings (SSSR count). The van der Waals surface area contributed by atoms with Gasteiger partial charge in [-0.15, -0.1) is 0 Å². The average Bonchev–Trinajstić information content (AvgIpc) is 2.72. The van der Waals surface area contributed by atoms with Crippen LogP contribution in [0.5, 0.6) is 0 Å². The molecule has 0 fully saturated rings. The lowest BCUT2D eigenvalue weighted by atomic mass is 10.2. The van der Waals surface area contributed by atoms with Crippen molar-refractivity contribution < 1.29 is 23.9 Å². The van der Waals surface area contributed by atoms with Gasteiger partial charge < -0.3 is 10.1 Å². The van der Waals surface area contributed by atoms with Gasteiger partial charge in [0.05, 0.1) is 19.7 Å². The van der Waals surface area contributed by atoms with Crippen LogP contribution in [0.4, 0.5) is 9.59 Å². The first-order chi connectivity index (χ1) is 14.2. The monoisotopic (exact) mass is 410 g/mol. The summed E-state index contributed by atoms with van der Waals surface area (Å²) >= 11 is 0. The number of hydrogen-bond acceptors (Lipinski definition) is 7. The summed E-state index contributed by atoms with van der Waals surface area (Å²) in [6.07, 6.45) is 10.6. The molecule has 0 saturated heterocycles. The predicted molar refractivity (Wildman–Crippen MR) is 109 cm³/mol. The lowest BCUT2D eigenvalue weighted by molar-refractivity contribution is 0.108. The number of carbonyl (C=O) groups excluding carboxylic acids is 4. The third kappa shape index (κ3) is 16.2. The number of amides is 3. The number of nitrogens with zero attached hydrogens (tertiary/aromatic N) is 3. The van der Waals surface area contributed by atoms with E-state index in [-0.39, 0.29) is 6.54 Å². The fourth-order valence-corrected chi connectivity index (χ4v) is 2.52. The van der Waals surface area contributed by atoms with Gasteiger partial charge in [-0.2, -0.15) is 0 Å². The van der Waals surface area contributed by atoms with E-state index in [4.69, 9.17) is 4.74 Å². The molecule has 0 aliphatic heterocycles. The summed E-state index contributed by atoms with van der Waals surface area (Å²) in [7, 11) is 0. The molecule has 3 amide bonds. The number of hydrogen-bond donors (Lipinski definition) is 1. The molecule has 0 saturated carbocycles. The summed E-state index contributed by atoms with van der Waals surface area (Å²) in [6.45, 7) is 3.99. The molecule has 0 unspecified atom stereocenters. The molecule has 0 bridgehead atoms. The standard InChI is InChI=1S/C20H34N4O5/c1-2-3-16-29-20(28)24(15-11-7-6-9-13-22-18-26)19(27)23-14-10-5-4-8-12-21-17-25/h2-16H2,1H3,(H,23,27). The molecule has 29 heavy (non-hydrogen) atoms. The minimum absolute atomic E-state index is 0.289. The molecule has 9 nitrogen and oxygen atoms in total. The van der Waals surface area contributed by atoms with Crippen molar-refractivity contribution in [2.75, 3.05) is 32.8 Å². The van der Waals surface area contributed by atoms with Crippen LogP contribution >= 0.6 is 0 Å². The molecule has 0 aromatic rings. The maximum atomic E-state index is 12.4. The van der Waals surface area contributed by atoms with Crippen molar-refractivity contribution in [1.29, 1.82) is 0 Å². The molecular weight excluding hydrogens is 376 g/mol. The highest BCUT2D eigenvalue weighted by molar-refractivity contribution is 5.90. The SMILES string of the molecule is CCCCOC(=O)N(CCCCCCN=C=O)C(=O)NCCCCCCN=C=O. The third-order valence-corrected chi connectivity index (χ3v) is 4.19. The van der Waals surface area contributed by atoms with Gasteiger partial charge in [-0.05, 0) is 32.1 Å². The van der Waals surface area contributed by atoms with E-state index in [2.05, 4.69) is 15.3 Å². The maximum Gasteiger partial charge on any atom is 0.417 e. The van der Waals surface area contributed by atoms with E-state index in [9.17, 15) is 19.2 Å². The molecule has 9 heteroatoms.